The number of para-hydroxylation sites is 1. The average Bonchev–Trinajstić information content (AvgIpc) is 2.80. The second-order valence-electron chi connectivity index (χ2n) is 6.75. The van der Waals surface area contributed by atoms with Crippen molar-refractivity contribution in [3.05, 3.63) is 115 Å². The monoisotopic (exact) mass is 386 g/mol. The molecule has 0 fully saturated rings. The van der Waals surface area contributed by atoms with Gasteiger partial charge in [0.05, 0.1) is 0 Å². The van der Waals surface area contributed by atoms with Crippen molar-refractivity contribution in [1.82, 2.24) is 0 Å². The average molecular weight is 386 g/mol. The molecular weight excluding hydrogens is 363 g/mol. The Bertz CT molecular complexity index is 964. The fourth-order valence-electron chi connectivity index (χ4n) is 4.01. The zero-order valence-electron chi connectivity index (χ0n) is 15.8. The Kier molecular flexibility index (Phi) is 4.77. The van der Waals surface area contributed by atoms with Gasteiger partial charge >= 0.3 is 166 Å². The Balaban J connectivity index is 2.26. The van der Waals surface area contributed by atoms with Crippen LogP contribution in [0.1, 0.15) is 0 Å². The van der Waals surface area contributed by atoms with Crippen LogP contribution in [0.25, 0.3) is 0 Å². The molecule has 1 N–H and O–H groups in total. The first-order valence-electron chi connectivity index (χ1n) is 9.27. The van der Waals surface area contributed by atoms with Gasteiger partial charge in [-0.15, -0.1) is 0 Å². The molecule has 0 aliphatic rings. The van der Waals surface area contributed by atoms with E-state index in [1.54, 1.807) is 7.11 Å². The van der Waals surface area contributed by atoms with Crippen molar-refractivity contribution >= 4 is 28.0 Å². The fourth-order valence-corrected chi connectivity index (χ4v) is 8.97. The molecule has 0 spiro atoms. The van der Waals surface area contributed by atoms with Crippen molar-refractivity contribution < 1.29 is 9.63 Å². The maximum atomic E-state index is 13.2. The quantitative estimate of drug-likeness (QED) is 0.530. The summed E-state index contributed by atoms with van der Waals surface area (Å²) in [7, 11) is 1.65. The first-order valence-corrected chi connectivity index (χ1v) is 11.5. The van der Waals surface area contributed by atoms with E-state index in [0.29, 0.717) is 5.75 Å². The van der Waals surface area contributed by atoms with Crippen LogP contribution in [-0.4, -0.2) is 12.0 Å². The molecular formula is C25H23O2P. The summed E-state index contributed by atoms with van der Waals surface area (Å²) in [4.78, 5) is 13.2. The number of hydrogen-bond donors (Lipinski definition) is 1. The molecule has 0 bridgehead atoms. The molecule has 3 heteroatoms. The van der Waals surface area contributed by atoms with Gasteiger partial charge in [0.25, 0.3) is 0 Å². The molecule has 4 rings (SSSR count). The van der Waals surface area contributed by atoms with Crippen molar-refractivity contribution in [2.45, 2.75) is 0 Å². The summed E-state index contributed by atoms with van der Waals surface area (Å²) in [5, 5.41) is 3.46. The molecule has 2 nitrogen and oxygen atoms in total. The molecule has 0 atom stereocenters. The third-order valence-corrected chi connectivity index (χ3v) is 10.5. The summed E-state index contributed by atoms with van der Waals surface area (Å²) in [5.41, 5.74) is 0. The van der Waals surface area contributed by atoms with Gasteiger partial charge in [-0.05, 0) is 0 Å². The first-order chi connectivity index (χ1) is 13.7. The molecule has 0 amide bonds. The van der Waals surface area contributed by atoms with E-state index in [9.17, 15) is 4.89 Å². The van der Waals surface area contributed by atoms with E-state index in [2.05, 4.69) is 0 Å². The second-order valence-corrected chi connectivity index (χ2v) is 10.9. The van der Waals surface area contributed by atoms with Gasteiger partial charge in [0.15, 0.2) is 0 Å². The van der Waals surface area contributed by atoms with Gasteiger partial charge in [0, 0.05) is 0 Å². The third kappa shape index (κ3) is 2.57. The molecule has 4 aromatic rings. The predicted molar refractivity (Wildman–Crippen MR) is 120 cm³/mol. The first kappa shape index (κ1) is 18.4. The molecule has 4 aromatic carbocycles. The van der Waals surface area contributed by atoms with Gasteiger partial charge in [0.1, 0.15) is 0 Å². The van der Waals surface area contributed by atoms with Crippen LogP contribution >= 0.6 is 6.83 Å². The molecule has 0 unspecified atom stereocenters. The molecule has 0 saturated carbocycles. The Morgan fingerprint density at radius 3 is 1.29 bits per heavy atom. The minimum absolute atomic E-state index is 0.680. The zero-order valence-corrected chi connectivity index (χ0v) is 16.7. The summed E-state index contributed by atoms with van der Waals surface area (Å²) in [6.45, 7) is -4.01. The molecule has 0 heterocycles. The van der Waals surface area contributed by atoms with Gasteiger partial charge < -0.3 is 0 Å². The molecule has 0 radical (unpaired) electrons. The summed E-state index contributed by atoms with van der Waals surface area (Å²) in [6.07, 6.45) is 0. The van der Waals surface area contributed by atoms with Gasteiger partial charge in [-0.25, -0.2) is 0 Å². The summed E-state index contributed by atoms with van der Waals surface area (Å²) >= 11 is 0. The van der Waals surface area contributed by atoms with E-state index in [-0.39, 0.29) is 0 Å². The van der Waals surface area contributed by atoms with Crippen molar-refractivity contribution in [3.63, 3.8) is 0 Å². The second kappa shape index (κ2) is 7.24. The molecule has 0 aliphatic heterocycles. The standard InChI is InChI=1S/C25H23O2P/c1-27-24-19-11-12-20-25(24)28(26,21-13-5-2-6-14-21,22-15-7-3-8-16-22)23-17-9-4-10-18-23/h2-20,26H,1H3. The normalized spacial score (nSPS) is 12.7. The number of ether oxygens (including phenoxy) is 1. The van der Waals surface area contributed by atoms with E-state index < -0.39 is 6.83 Å². The van der Waals surface area contributed by atoms with Crippen LogP contribution in [-0.2, 0) is 0 Å². The van der Waals surface area contributed by atoms with E-state index in [0.717, 1.165) is 21.2 Å². The van der Waals surface area contributed by atoms with Crippen LogP contribution in [0.5, 0.6) is 5.75 Å². The van der Waals surface area contributed by atoms with E-state index in [1.165, 1.54) is 0 Å². The summed E-state index contributed by atoms with van der Waals surface area (Å²) in [6, 6.07) is 37.7. The van der Waals surface area contributed by atoms with E-state index in [1.807, 2.05) is 115 Å². The predicted octanol–water partition coefficient (Wildman–Crippen LogP) is 3.76. The van der Waals surface area contributed by atoms with Crippen LogP contribution in [0.15, 0.2) is 115 Å². The summed E-state index contributed by atoms with van der Waals surface area (Å²) < 4.78 is 5.75. The minimum atomic E-state index is -4.01. The fraction of sp³-hybridized carbons (Fsp3) is 0.0400. The Morgan fingerprint density at radius 1 is 0.536 bits per heavy atom. The Labute approximate surface area is 166 Å². The van der Waals surface area contributed by atoms with E-state index >= 15 is 0 Å². The Hall–Kier alpha value is -2.93. The third-order valence-electron chi connectivity index (χ3n) is 5.33. The molecule has 0 aliphatic carbocycles. The zero-order chi connectivity index (χ0) is 19.5. The van der Waals surface area contributed by atoms with Crippen molar-refractivity contribution in [2.24, 2.45) is 0 Å². The van der Waals surface area contributed by atoms with Crippen molar-refractivity contribution in [1.29, 1.82) is 0 Å². The topological polar surface area (TPSA) is 29.5 Å². The number of rotatable bonds is 5. The molecule has 0 saturated heterocycles. The van der Waals surface area contributed by atoms with Crippen molar-refractivity contribution in [3.8, 4) is 5.75 Å². The van der Waals surface area contributed by atoms with Crippen LogP contribution in [0, 0.1) is 0 Å². The van der Waals surface area contributed by atoms with E-state index in [4.69, 9.17) is 4.74 Å². The molecule has 0 aromatic heterocycles. The summed E-state index contributed by atoms with van der Waals surface area (Å²) in [5.74, 6) is 0.680. The van der Waals surface area contributed by atoms with Crippen LogP contribution < -0.4 is 26.0 Å². The van der Waals surface area contributed by atoms with Crippen LogP contribution in [0.3, 0.4) is 0 Å². The molecule has 140 valence electrons. The van der Waals surface area contributed by atoms with Gasteiger partial charge in [-0.3, -0.25) is 0 Å². The van der Waals surface area contributed by atoms with Gasteiger partial charge in [-0.2, -0.15) is 0 Å². The molecule has 28 heavy (non-hydrogen) atoms. The van der Waals surface area contributed by atoms with Gasteiger partial charge in [-0.1, -0.05) is 0 Å². The maximum absolute atomic E-state index is 13.2. The SMILES string of the molecule is COc1ccccc1P(O)(c1ccccc1)(c1ccccc1)c1ccccc1. The number of methoxy groups -OCH3 is 1. The van der Waals surface area contributed by atoms with Gasteiger partial charge in [0.2, 0.25) is 0 Å². The number of hydrogen-bond acceptors (Lipinski definition) is 2. The Morgan fingerprint density at radius 2 is 0.893 bits per heavy atom. The van der Waals surface area contributed by atoms with Crippen LogP contribution in [0.2, 0.25) is 0 Å². The van der Waals surface area contributed by atoms with Crippen molar-refractivity contribution in [2.75, 3.05) is 7.11 Å². The number of benzene rings is 4. The van der Waals surface area contributed by atoms with Crippen LogP contribution in [0.4, 0.5) is 0 Å².